The Morgan fingerprint density at radius 2 is 0.510 bits per heavy atom. The first-order valence-electron chi connectivity index (χ1n) is 9.69. The van der Waals surface area contributed by atoms with E-state index < -0.39 is 94.6 Å². The number of alkyl halides is 29. The molecule has 0 heterocycles. The van der Waals surface area contributed by atoms with E-state index in [-0.39, 0.29) is 24.0 Å². The van der Waals surface area contributed by atoms with Crippen molar-refractivity contribution in [1.29, 1.82) is 0 Å². The summed E-state index contributed by atoms with van der Waals surface area (Å²) in [6.45, 7) is 0. The van der Waals surface area contributed by atoms with E-state index in [1.54, 1.807) is 0 Å². The summed E-state index contributed by atoms with van der Waals surface area (Å²) in [5.74, 6) is -85.1. The average Bonchev–Trinajstić information content (AvgIpc) is 2.79. The molecule has 0 bridgehead atoms. The predicted octanol–water partition coefficient (Wildman–Crippen LogP) is 7.75. The maximum Gasteiger partial charge on any atom is 0.579 e. The van der Waals surface area contributed by atoms with Gasteiger partial charge in [0.2, 0.25) is 0 Å². The molecule has 0 aromatic heterocycles. The Bertz CT molecular complexity index is 1210. The minimum atomic E-state index is -10.5. The van der Waals surface area contributed by atoms with Gasteiger partial charge < -0.3 is 24.0 Å². The van der Waals surface area contributed by atoms with Crippen molar-refractivity contribution in [2.75, 3.05) is 0 Å². The van der Waals surface area contributed by atoms with Gasteiger partial charge in [0.15, 0.2) is 0 Å². The van der Waals surface area contributed by atoms with Crippen LogP contribution in [0.3, 0.4) is 0 Å². The molecule has 1 nitrogen and oxygen atoms in total. The molecule has 0 aromatic rings. The van der Waals surface area contributed by atoms with Crippen LogP contribution in [0.15, 0.2) is 11.9 Å². The van der Waals surface area contributed by atoms with Crippen LogP contribution in [0.2, 0.25) is 0 Å². The molecule has 0 saturated heterocycles. The summed E-state index contributed by atoms with van der Waals surface area (Å²) < 4.78 is 415. The number of hydrogen-bond donors (Lipinski definition) is 0. The smallest absolute Gasteiger partial charge is 0.579 e. The first kappa shape index (κ1) is 49.3. The number of halogens is 33. The first-order valence-corrected chi connectivity index (χ1v) is 9.69. The Morgan fingerprint density at radius 3 is 0.694 bits per heavy atom. The lowest BCUT2D eigenvalue weighted by molar-refractivity contribution is -1.21. The maximum absolute atomic E-state index is 14.2. The summed E-state index contributed by atoms with van der Waals surface area (Å²) >= 11 is 0. The van der Waals surface area contributed by atoms with Gasteiger partial charge in [-0.1, -0.05) is 0 Å². The molecule has 34 heteroatoms. The highest BCUT2D eigenvalue weighted by Crippen LogP contribution is 2.70. The van der Waals surface area contributed by atoms with E-state index in [2.05, 4.69) is 0 Å². The Balaban J connectivity index is 0. The van der Waals surface area contributed by atoms with Crippen LogP contribution in [0.1, 0.15) is 0 Å². The molecule has 0 rings (SSSR count). The van der Waals surface area contributed by atoms with E-state index in [1.807, 2.05) is 0 Å². The van der Waals surface area contributed by atoms with Gasteiger partial charge in [0.25, 0.3) is 5.83 Å². The molecule has 0 aliphatic rings. The van der Waals surface area contributed by atoms with E-state index in [0.717, 1.165) is 0 Å². The van der Waals surface area contributed by atoms with E-state index in [9.17, 15) is 140 Å². The topological polar surface area (TPSA) is 0 Å². The van der Waals surface area contributed by atoms with Gasteiger partial charge in [-0.3, -0.25) is 0 Å². The Labute approximate surface area is 260 Å². The first-order chi connectivity index (χ1) is 20.1. The lowest BCUT2D eigenvalue weighted by atomic mass is 9.86. The molecule has 0 atom stereocenters. The van der Waals surface area contributed by atoms with Crippen molar-refractivity contribution in [1.82, 2.24) is 0 Å². The van der Waals surface area contributed by atoms with E-state index in [4.69, 9.17) is 0 Å². The van der Waals surface area contributed by atoms with Crippen LogP contribution in [-0.4, -0.2) is 82.7 Å². The van der Waals surface area contributed by atoms with Crippen molar-refractivity contribution in [3.8, 4) is 0 Å². The van der Waals surface area contributed by atoms with Crippen molar-refractivity contribution in [3.63, 3.8) is 0 Å². The molecule has 296 valence electrons. The van der Waals surface area contributed by atoms with Crippen LogP contribution in [0.4, 0.5) is 140 Å². The lowest BCUT2D eigenvalue weighted by Gasteiger charge is -2.49. The van der Waals surface area contributed by atoms with Crippen LogP contribution in [0.5, 0.6) is 0 Å². The molecule has 0 aromatic carbocycles. The molecule has 49 heavy (non-hydrogen) atoms. The van der Waals surface area contributed by atoms with Crippen LogP contribution in [0, 0.1) is 0 Å². The van der Waals surface area contributed by atoms with Gasteiger partial charge in [0.05, 0.1) is 0 Å². The van der Waals surface area contributed by atoms with Gasteiger partial charge in [-0.05, 0) is 4.48 Å². The molecular formula is C15F32IN. The zero-order valence-corrected chi connectivity index (χ0v) is 22.6. The fourth-order valence-corrected chi connectivity index (χ4v) is 2.98. The summed E-state index contributed by atoms with van der Waals surface area (Å²) in [4.78, 5) is 0. The summed E-state index contributed by atoms with van der Waals surface area (Å²) in [5, 5.41) is 0. The van der Waals surface area contributed by atoms with Gasteiger partial charge >= 0.3 is 84.3 Å². The van der Waals surface area contributed by atoms with Gasteiger partial charge in [-0.25, -0.2) is 0 Å². The normalized spacial score (nSPS) is 16.4. The third-order valence-corrected chi connectivity index (χ3v) is 5.53. The number of nitrogens with zero attached hydrogens (tertiary/aromatic N) is 1. The minimum absolute atomic E-state index is 0. The summed E-state index contributed by atoms with van der Waals surface area (Å²) in [6, 6.07) is -19.8. The second kappa shape index (κ2) is 12.1. The lowest BCUT2D eigenvalue weighted by Crippen LogP contribution is -3.00. The number of rotatable bonds is 11. The molecule has 0 amide bonds. The van der Waals surface area contributed by atoms with Crippen molar-refractivity contribution < 1.29 is 169 Å². The monoisotopic (exact) mass is 929 g/mol. The van der Waals surface area contributed by atoms with Gasteiger partial charge in [0.1, 0.15) is 0 Å². The summed E-state index contributed by atoms with van der Waals surface area (Å²) in [5.41, 5.74) is 0. The highest BCUT2D eigenvalue weighted by Gasteiger charge is 3.05. The Hall–Kier alpha value is -1.81. The molecule has 0 radical (unpaired) electrons. The Morgan fingerprint density at radius 1 is 0.306 bits per heavy atom. The quantitative estimate of drug-likeness (QED) is 0.0862. The van der Waals surface area contributed by atoms with Crippen LogP contribution in [0.25, 0.3) is 0 Å². The van der Waals surface area contributed by atoms with Crippen LogP contribution < -0.4 is 24.0 Å². The van der Waals surface area contributed by atoms with Crippen molar-refractivity contribution in [2.45, 2.75) is 78.2 Å². The second-order valence-electron chi connectivity index (χ2n) is 8.36. The van der Waals surface area contributed by atoms with E-state index >= 15 is 0 Å². The highest BCUT2D eigenvalue weighted by atomic mass is 127. The van der Waals surface area contributed by atoms with Crippen LogP contribution in [-0.2, 0) is 0 Å². The standard InChI is InChI=1S/C15F32N.HI/c16-1(2(17)18)3(19,20)48(14(42,43)44,15(45,46)47)13(40,41)11(35,36)9(31,32)7(27,28)5(23,24)4(21,22)6(25,26)8(29,30)10(33,34)12(37,38)39;/h;1H/q+1;/p-1. The highest BCUT2D eigenvalue weighted by molar-refractivity contribution is 5.18. The van der Waals surface area contributed by atoms with E-state index in [1.165, 1.54) is 0 Å². The van der Waals surface area contributed by atoms with Gasteiger partial charge in [0, 0.05) is 0 Å². The van der Waals surface area contributed by atoms with Crippen LogP contribution >= 0.6 is 0 Å². The largest absolute Gasteiger partial charge is 1.00 e. The molecule has 0 fully saturated rings. The predicted molar refractivity (Wildman–Crippen MR) is 78.2 cm³/mol. The molecule has 0 aliphatic heterocycles. The maximum atomic E-state index is 14.2. The molecule has 0 saturated carbocycles. The third-order valence-electron chi connectivity index (χ3n) is 5.53. The zero-order valence-electron chi connectivity index (χ0n) is 20.4. The zero-order chi connectivity index (χ0) is 40.2. The summed E-state index contributed by atoms with van der Waals surface area (Å²) in [6.07, 6.45) is -32.9. The number of quaternary nitrogens is 1. The fraction of sp³-hybridized carbons (Fsp3) is 0.867. The Kier molecular flexibility index (Phi) is 12.2. The molecular weight excluding hydrogens is 929 g/mol. The average molecular weight is 929 g/mol. The number of hydrogen-bond acceptors (Lipinski definition) is 0. The van der Waals surface area contributed by atoms with Crippen molar-refractivity contribution in [2.24, 2.45) is 0 Å². The SMILES string of the molecule is FC(F)=C(F)C(F)(F)[N+](C(F)(F)F)(C(F)(F)F)C(F)(F)C(F)(F)C(F)(F)C(F)(F)C(F)(F)C(F)(F)C(F)(F)C(F)(F)C(F)(F)C(F)(F)F.[I-]. The van der Waals surface area contributed by atoms with Gasteiger partial charge in [-0.15, -0.1) is 43.9 Å². The van der Waals surface area contributed by atoms with E-state index in [0.29, 0.717) is 0 Å². The molecule has 0 unspecified atom stereocenters. The minimum Gasteiger partial charge on any atom is -1.00 e. The molecule has 0 N–H and O–H groups in total. The molecule has 0 aliphatic carbocycles. The van der Waals surface area contributed by atoms with Crippen molar-refractivity contribution >= 4 is 0 Å². The third kappa shape index (κ3) is 5.76. The summed E-state index contributed by atoms with van der Waals surface area (Å²) in [7, 11) is 0. The van der Waals surface area contributed by atoms with Gasteiger partial charge in [-0.2, -0.15) is 96.6 Å². The second-order valence-corrected chi connectivity index (χ2v) is 8.36. The fourth-order valence-electron chi connectivity index (χ4n) is 2.98. The van der Waals surface area contributed by atoms with Crippen molar-refractivity contribution in [3.05, 3.63) is 11.9 Å². The molecule has 0 spiro atoms.